The maximum absolute atomic E-state index is 14.6. The number of aromatic amines is 1. The summed E-state index contributed by atoms with van der Waals surface area (Å²) >= 11 is 0. The molecule has 1 fully saturated rings. The van der Waals surface area contributed by atoms with Crippen molar-refractivity contribution in [1.29, 1.82) is 0 Å². The fourth-order valence-electron chi connectivity index (χ4n) is 2.99. The first kappa shape index (κ1) is 24.0. The van der Waals surface area contributed by atoms with E-state index in [1.165, 1.54) is 20.8 Å². The van der Waals surface area contributed by atoms with Crippen LogP contribution in [0, 0.1) is 5.95 Å². The van der Waals surface area contributed by atoms with Gasteiger partial charge in [0.05, 0.1) is 17.3 Å². The minimum atomic E-state index is -4.50. The molecule has 0 aliphatic carbocycles. The summed E-state index contributed by atoms with van der Waals surface area (Å²) in [6.45, 7) is 5.81. The summed E-state index contributed by atoms with van der Waals surface area (Å²) in [5.41, 5.74) is -2.67. The molecule has 0 amide bonds. The van der Waals surface area contributed by atoms with Crippen molar-refractivity contribution in [3.63, 3.8) is 0 Å². The number of hydrogen-bond donors (Lipinski definition) is 4. The molecule has 4 N–H and O–H groups in total. The van der Waals surface area contributed by atoms with Crippen molar-refractivity contribution in [2.24, 2.45) is 0 Å². The lowest BCUT2D eigenvalue weighted by Crippen LogP contribution is -2.39. The van der Waals surface area contributed by atoms with Crippen LogP contribution in [-0.4, -0.2) is 54.4 Å². The van der Waals surface area contributed by atoms with Crippen molar-refractivity contribution in [3.8, 4) is 0 Å². The van der Waals surface area contributed by atoms with Crippen LogP contribution in [0.1, 0.15) is 58.6 Å². The first-order valence-electron chi connectivity index (χ1n) is 9.25. The summed E-state index contributed by atoms with van der Waals surface area (Å²) in [5, 5.41) is 18.4. The molecule has 29 heavy (non-hydrogen) atoms. The van der Waals surface area contributed by atoms with Crippen LogP contribution in [-0.2, 0) is 13.8 Å². The van der Waals surface area contributed by atoms with Crippen molar-refractivity contribution >= 4 is 7.60 Å². The van der Waals surface area contributed by atoms with Gasteiger partial charge in [-0.1, -0.05) is 13.8 Å². The van der Waals surface area contributed by atoms with E-state index in [1.54, 1.807) is 11.9 Å². The Bertz CT molecular complexity index is 836. The van der Waals surface area contributed by atoms with Gasteiger partial charge in [0.2, 0.25) is 5.95 Å². The molecule has 1 aliphatic heterocycles. The predicted octanol–water partition coefficient (Wildman–Crippen LogP) is 1.93. The summed E-state index contributed by atoms with van der Waals surface area (Å²) in [6.07, 6.45) is -5.66. The average Bonchev–Trinajstić information content (AvgIpc) is 2.89. The maximum atomic E-state index is 14.6. The molecular formula is C17H27F2N2O7P. The molecule has 0 aromatic carbocycles. The first-order chi connectivity index (χ1) is 13.3. The van der Waals surface area contributed by atoms with Gasteiger partial charge in [-0.3, -0.25) is 9.55 Å². The number of H-pyrrole nitrogens is 1. The molecule has 166 valence electrons. The predicted molar refractivity (Wildman–Crippen MR) is 98.5 cm³/mol. The normalized spacial score (nSPS) is 31.1. The van der Waals surface area contributed by atoms with Gasteiger partial charge in [-0.25, -0.2) is 14.2 Å². The van der Waals surface area contributed by atoms with Gasteiger partial charge >= 0.3 is 13.3 Å². The Morgan fingerprint density at radius 1 is 1.38 bits per heavy atom. The third-order valence-electron chi connectivity index (χ3n) is 5.42. The molecule has 0 saturated carbocycles. The molecule has 12 heteroatoms. The molecule has 7 atom stereocenters. The van der Waals surface area contributed by atoms with E-state index in [9.17, 15) is 33.2 Å². The number of nitrogens with zero attached hydrogens (tertiary/aromatic N) is 1. The number of aromatic nitrogens is 2. The Labute approximate surface area is 166 Å². The lowest BCUT2D eigenvalue weighted by atomic mass is 9.92. The molecule has 0 spiro atoms. The number of ether oxygens (including phenoxy) is 1. The topological polar surface area (TPSA) is 142 Å². The highest BCUT2D eigenvalue weighted by Crippen LogP contribution is 2.59. The van der Waals surface area contributed by atoms with Gasteiger partial charge in [-0.15, -0.1) is 0 Å². The highest BCUT2D eigenvalue weighted by Gasteiger charge is 2.51. The third-order valence-corrected chi connectivity index (χ3v) is 7.64. The summed E-state index contributed by atoms with van der Waals surface area (Å²) < 4.78 is 52.0. The second kappa shape index (κ2) is 8.49. The smallest absolute Gasteiger partial charge is 0.359 e. The lowest BCUT2D eigenvalue weighted by molar-refractivity contribution is -0.0536. The van der Waals surface area contributed by atoms with Crippen molar-refractivity contribution in [2.45, 2.75) is 82.4 Å². The Morgan fingerprint density at radius 2 is 2.00 bits per heavy atom. The maximum Gasteiger partial charge on any atom is 0.359 e. The van der Waals surface area contributed by atoms with Crippen molar-refractivity contribution in [1.82, 2.24) is 9.97 Å². The molecule has 1 aromatic rings. The zero-order valence-corrected chi connectivity index (χ0v) is 17.5. The van der Waals surface area contributed by atoms with Crippen LogP contribution < -0.4 is 5.69 Å². The molecule has 1 aromatic heterocycles. The fraction of sp³-hybridized carbons (Fsp3) is 0.765. The summed E-state index contributed by atoms with van der Waals surface area (Å²) in [7, 11) is -4.50. The summed E-state index contributed by atoms with van der Waals surface area (Å²) in [4.78, 5) is 26.4. The molecule has 9 nitrogen and oxygen atoms in total. The van der Waals surface area contributed by atoms with Gasteiger partial charge in [0.1, 0.15) is 12.2 Å². The van der Waals surface area contributed by atoms with Crippen LogP contribution >= 0.6 is 7.60 Å². The first-order valence-corrected chi connectivity index (χ1v) is 10.8. The van der Waals surface area contributed by atoms with E-state index >= 15 is 0 Å². The number of rotatable bonds is 8. The van der Waals surface area contributed by atoms with Crippen LogP contribution in [0.4, 0.5) is 8.78 Å². The van der Waals surface area contributed by atoms with E-state index in [-0.39, 0.29) is 24.8 Å². The monoisotopic (exact) mass is 440 g/mol. The Hall–Kier alpha value is -1.23. The quantitative estimate of drug-likeness (QED) is 0.355. The van der Waals surface area contributed by atoms with E-state index in [0.29, 0.717) is 0 Å². The van der Waals surface area contributed by atoms with Crippen molar-refractivity contribution in [2.75, 3.05) is 0 Å². The Kier molecular flexibility index (Phi) is 7.04. The van der Waals surface area contributed by atoms with E-state index in [1.807, 2.05) is 0 Å². The average molecular weight is 440 g/mol. The number of hydrogen-bond acceptors (Lipinski definition) is 7. The minimum absolute atomic E-state index is 0.0454. The van der Waals surface area contributed by atoms with Crippen LogP contribution in [0.5, 0.6) is 0 Å². The van der Waals surface area contributed by atoms with Crippen molar-refractivity contribution < 1.29 is 37.7 Å². The highest BCUT2D eigenvalue weighted by atomic mass is 31.2. The number of aliphatic hydroxyl groups is 2. The van der Waals surface area contributed by atoms with E-state index in [4.69, 9.17) is 9.26 Å². The third kappa shape index (κ3) is 4.92. The summed E-state index contributed by atoms with van der Waals surface area (Å²) in [6, 6.07) is 0. The molecule has 0 radical (unpaired) electrons. The van der Waals surface area contributed by atoms with Crippen molar-refractivity contribution in [3.05, 3.63) is 28.2 Å². The van der Waals surface area contributed by atoms with Gasteiger partial charge in [0, 0.05) is 12.6 Å². The molecule has 7 unspecified atom stereocenters. The largest absolute Gasteiger partial charge is 0.387 e. The second-order valence-electron chi connectivity index (χ2n) is 7.68. The lowest BCUT2D eigenvalue weighted by Gasteiger charge is -2.37. The Morgan fingerprint density at radius 3 is 2.52 bits per heavy atom. The number of aliphatic hydroxyl groups excluding tert-OH is 1. The SMILES string of the molecule is CCC(C)(CC1OC(c2cnc(=O)[nH]c2F)C(F)C1O)OP(=O)(O)C(C)(O)CC. The molecule has 0 bridgehead atoms. The van der Waals surface area contributed by atoms with Gasteiger partial charge in [-0.05, 0) is 26.7 Å². The second-order valence-corrected chi connectivity index (χ2v) is 9.86. The van der Waals surface area contributed by atoms with Gasteiger partial charge < -0.3 is 24.4 Å². The molecule has 2 heterocycles. The fourth-order valence-corrected chi connectivity index (χ4v) is 4.39. The highest BCUT2D eigenvalue weighted by molar-refractivity contribution is 7.54. The van der Waals surface area contributed by atoms with E-state index < -0.39 is 54.7 Å². The molecule has 1 saturated heterocycles. The standard InChI is InChI=1S/C17H27F2N2O7P/c1-5-16(3,28-29(25,26)17(4,24)6-2)7-10-12(22)11(18)13(27-10)9-8-20-15(23)21-14(9)19/h8,10-13,22,24H,5-7H2,1-4H3,(H,25,26)(H,20,21,23). The van der Waals surface area contributed by atoms with Crippen LogP contribution in [0.2, 0.25) is 0 Å². The molecular weight excluding hydrogens is 413 g/mol. The van der Waals surface area contributed by atoms with Gasteiger partial charge in [-0.2, -0.15) is 4.39 Å². The molecule has 1 aliphatic rings. The number of alkyl halides is 1. The van der Waals surface area contributed by atoms with Crippen LogP contribution in [0.15, 0.2) is 11.0 Å². The zero-order chi connectivity index (χ0) is 22.2. The number of halogens is 2. The van der Waals surface area contributed by atoms with E-state index in [2.05, 4.69) is 4.98 Å². The van der Waals surface area contributed by atoms with Crippen LogP contribution in [0.3, 0.4) is 0 Å². The minimum Gasteiger partial charge on any atom is -0.387 e. The Balaban J connectivity index is 2.23. The van der Waals surface area contributed by atoms with E-state index in [0.717, 1.165) is 6.20 Å². The van der Waals surface area contributed by atoms with Gasteiger partial charge in [0.25, 0.3) is 0 Å². The summed E-state index contributed by atoms with van der Waals surface area (Å²) in [5.74, 6) is -1.13. The number of nitrogens with one attached hydrogen (secondary N) is 1. The zero-order valence-electron chi connectivity index (χ0n) is 16.6. The van der Waals surface area contributed by atoms with Gasteiger partial charge in [0.15, 0.2) is 11.5 Å². The molecule has 2 rings (SSSR count). The van der Waals surface area contributed by atoms with Crippen LogP contribution in [0.25, 0.3) is 0 Å².